The highest BCUT2D eigenvalue weighted by Gasteiger charge is 2.29. The van der Waals surface area contributed by atoms with E-state index in [0.29, 0.717) is 17.4 Å². The maximum absolute atomic E-state index is 11.5. The van der Waals surface area contributed by atoms with Gasteiger partial charge in [0.2, 0.25) is 0 Å². The lowest BCUT2D eigenvalue weighted by atomic mass is 10.4. The summed E-state index contributed by atoms with van der Waals surface area (Å²) in [6.07, 6.45) is 2.43. The van der Waals surface area contributed by atoms with E-state index < -0.39 is 0 Å². The number of esters is 1. The molecule has 88 valence electrons. The molecule has 2 rings (SSSR count). The van der Waals surface area contributed by atoms with Crippen LogP contribution in [0.25, 0.3) is 0 Å². The van der Waals surface area contributed by atoms with Gasteiger partial charge in [-0.15, -0.1) is 11.3 Å². The number of nitrogens with zero attached hydrogens (tertiary/aromatic N) is 1. The van der Waals surface area contributed by atoms with Crippen LogP contribution in [0.5, 0.6) is 0 Å². The standard InChI is InChI=1S/C10H13NO2S.CH2O/c1-3-13-10(12)8-6(2)11-9(14-8)7-4-5-7;1-2/h7H,3-5H2,1-2H3;1H2. The average Bonchev–Trinajstić information content (AvgIpc) is 3.06. The lowest BCUT2D eigenvalue weighted by molar-refractivity contribution is -0.0980. The summed E-state index contributed by atoms with van der Waals surface area (Å²) < 4.78 is 4.95. The van der Waals surface area contributed by atoms with Crippen LogP contribution < -0.4 is 0 Å². The van der Waals surface area contributed by atoms with Gasteiger partial charge >= 0.3 is 5.97 Å². The zero-order chi connectivity index (χ0) is 12.1. The van der Waals surface area contributed by atoms with Crippen LogP contribution in [0.1, 0.15) is 46.1 Å². The summed E-state index contributed by atoms with van der Waals surface area (Å²) in [4.78, 5) is 24.5. The third-order valence-corrected chi connectivity index (χ3v) is 3.50. The molecule has 0 aromatic carbocycles. The van der Waals surface area contributed by atoms with Gasteiger partial charge in [0.25, 0.3) is 0 Å². The van der Waals surface area contributed by atoms with Crippen molar-refractivity contribution < 1.29 is 14.3 Å². The predicted octanol–water partition coefficient (Wildman–Crippen LogP) is 2.32. The van der Waals surface area contributed by atoms with Gasteiger partial charge in [-0.1, -0.05) is 0 Å². The van der Waals surface area contributed by atoms with Crippen LogP contribution in [0.3, 0.4) is 0 Å². The Morgan fingerprint density at radius 1 is 1.56 bits per heavy atom. The Morgan fingerprint density at radius 2 is 2.19 bits per heavy atom. The van der Waals surface area contributed by atoms with E-state index >= 15 is 0 Å². The van der Waals surface area contributed by atoms with Crippen molar-refractivity contribution in [3.05, 3.63) is 15.6 Å². The molecule has 1 aliphatic carbocycles. The fourth-order valence-corrected chi connectivity index (χ4v) is 2.44. The first-order chi connectivity index (χ1) is 7.72. The first-order valence-electron chi connectivity index (χ1n) is 5.15. The molecule has 0 aliphatic heterocycles. The maximum atomic E-state index is 11.5. The number of carbonyl (C=O) groups excluding carboxylic acids is 2. The Morgan fingerprint density at radius 3 is 2.69 bits per heavy atom. The summed E-state index contributed by atoms with van der Waals surface area (Å²) in [6.45, 7) is 6.11. The van der Waals surface area contributed by atoms with E-state index in [0.717, 1.165) is 10.7 Å². The van der Waals surface area contributed by atoms with Gasteiger partial charge < -0.3 is 9.53 Å². The number of carbonyl (C=O) groups is 2. The molecule has 0 saturated heterocycles. The molecule has 16 heavy (non-hydrogen) atoms. The van der Waals surface area contributed by atoms with Crippen molar-refractivity contribution in [2.24, 2.45) is 0 Å². The van der Waals surface area contributed by atoms with E-state index in [-0.39, 0.29) is 5.97 Å². The summed E-state index contributed by atoms with van der Waals surface area (Å²) >= 11 is 1.49. The summed E-state index contributed by atoms with van der Waals surface area (Å²) in [7, 11) is 0. The molecule has 0 radical (unpaired) electrons. The molecule has 0 atom stereocenters. The van der Waals surface area contributed by atoms with E-state index in [9.17, 15) is 4.79 Å². The average molecular weight is 241 g/mol. The number of thiazole rings is 1. The first-order valence-corrected chi connectivity index (χ1v) is 5.97. The Balaban J connectivity index is 0.000000606. The largest absolute Gasteiger partial charge is 0.462 e. The van der Waals surface area contributed by atoms with Crippen molar-refractivity contribution in [1.29, 1.82) is 0 Å². The number of aromatic nitrogens is 1. The Labute approximate surface area is 98.6 Å². The van der Waals surface area contributed by atoms with Gasteiger partial charge in [-0.25, -0.2) is 9.78 Å². The normalized spacial score (nSPS) is 13.9. The molecule has 4 nitrogen and oxygen atoms in total. The van der Waals surface area contributed by atoms with Gasteiger partial charge in [0, 0.05) is 5.92 Å². The minimum Gasteiger partial charge on any atom is -0.462 e. The molecule has 1 fully saturated rings. The number of aryl methyl sites for hydroxylation is 1. The molecule has 1 aromatic rings. The van der Waals surface area contributed by atoms with Crippen molar-refractivity contribution in [2.45, 2.75) is 32.6 Å². The first kappa shape index (κ1) is 12.8. The summed E-state index contributed by atoms with van der Waals surface area (Å²) in [5.74, 6) is 0.385. The van der Waals surface area contributed by atoms with Gasteiger partial charge in [0.15, 0.2) is 0 Å². The predicted molar refractivity (Wildman–Crippen MR) is 61.9 cm³/mol. The van der Waals surface area contributed by atoms with E-state index in [4.69, 9.17) is 9.53 Å². The molecule has 1 aromatic heterocycles. The second-order valence-corrected chi connectivity index (χ2v) is 4.49. The van der Waals surface area contributed by atoms with Crippen molar-refractivity contribution in [3.63, 3.8) is 0 Å². The second kappa shape index (κ2) is 5.75. The molecule has 0 N–H and O–H groups in total. The fraction of sp³-hybridized carbons (Fsp3) is 0.545. The quantitative estimate of drug-likeness (QED) is 0.762. The molecular formula is C11H15NO3S. The van der Waals surface area contributed by atoms with Gasteiger partial charge in [-0.3, -0.25) is 0 Å². The van der Waals surface area contributed by atoms with E-state index in [1.54, 1.807) is 0 Å². The third kappa shape index (κ3) is 2.88. The fourth-order valence-electron chi connectivity index (χ4n) is 1.31. The van der Waals surface area contributed by atoms with Crippen molar-refractivity contribution in [2.75, 3.05) is 6.61 Å². The molecule has 0 unspecified atom stereocenters. The van der Waals surface area contributed by atoms with Crippen LogP contribution >= 0.6 is 11.3 Å². The van der Waals surface area contributed by atoms with Crippen molar-refractivity contribution >= 4 is 24.1 Å². The third-order valence-electron chi connectivity index (χ3n) is 2.20. The van der Waals surface area contributed by atoms with Crippen LogP contribution in [0, 0.1) is 6.92 Å². The van der Waals surface area contributed by atoms with Crippen LogP contribution in [-0.4, -0.2) is 24.3 Å². The highest BCUT2D eigenvalue weighted by atomic mass is 32.1. The second-order valence-electron chi connectivity index (χ2n) is 3.46. The number of rotatable bonds is 3. The lowest BCUT2D eigenvalue weighted by Crippen LogP contribution is -2.03. The molecule has 1 aliphatic rings. The lowest BCUT2D eigenvalue weighted by Gasteiger charge is -1.97. The van der Waals surface area contributed by atoms with Gasteiger partial charge in [0.1, 0.15) is 11.7 Å². The summed E-state index contributed by atoms with van der Waals surface area (Å²) in [6, 6.07) is 0. The van der Waals surface area contributed by atoms with Crippen LogP contribution in [0.4, 0.5) is 0 Å². The molecule has 5 heteroatoms. The smallest absolute Gasteiger partial charge is 0.350 e. The molecule has 0 amide bonds. The van der Waals surface area contributed by atoms with Crippen LogP contribution in [0.2, 0.25) is 0 Å². The van der Waals surface area contributed by atoms with Gasteiger partial charge in [0.05, 0.1) is 17.3 Å². The van der Waals surface area contributed by atoms with Crippen LogP contribution in [0.15, 0.2) is 0 Å². The Bertz CT molecular complexity index is 371. The van der Waals surface area contributed by atoms with Crippen molar-refractivity contribution in [1.82, 2.24) is 4.98 Å². The SMILES string of the molecule is C=O.CCOC(=O)c1sc(C2CC2)nc1C. The van der Waals surface area contributed by atoms with Gasteiger partial charge in [-0.05, 0) is 26.7 Å². The molecule has 0 bridgehead atoms. The minimum atomic E-state index is -0.227. The molecular weight excluding hydrogens is 226 g/mol. The minimum absolute atomic E-state index is 0.227. The number of hydrogen-bond acceptors (Lipinski definition) is 5. The topological polar surface area (TPSA) is 56.3 Å². The van der Waals surface area contributed by atoms with E-state index in [1.807, 2.05) is 20.6 Å². The number of ether oxygens (including phenoxy) is 1. The Kier molecular flexibility index (Phi) is 4.61. The maximum Gasteiger partial charge on any atom is 0.350 e. The highest BCUT2D eigenvalue weighted by Crippen LogP contribution is 2.42. The zero-order valence-corrected chi connectivity index (χ0v) is 10.3. The Hall–Kier alpha value is -1.23. The molecule has 1 saturated carbocycles. The summed E-state index contributed by atoms with van der Waals surface area (Å²) in [5, 5.41) is 1.10. The molecule has 0 spiro atoms. The summed E-state index contributed by atoms with van der Waals surface area (Å²) in [5.41, 5.74) is 0.815. The number of hydrogen-bond donors (Lipinski definition) is 0. The monoisotopic (exact) mass is 241 g/mol. The van der Waals surface area contributed by atoms with E-state index in [2.05, 4.69) is 4.98 Å². The zero-order valence-electron chi connectivity index (χ0n) is 9.49. The molecule has 1 heterocycles. The van der Waals surface area contributed by atoms with Crippen LogP contribution in [-0.2, 0) is 9.53 Å². The van der Waals surface area contributed by atoms with Gasteiger partial charge in [-0.2, -0.15) is 0 Å². The van der Waals surface area contributed by atoms with Crippen molar-refractivity contribution in [3.8, 4) is 0 Å². The highest BCUT2D eigenvalue weighted by molar-refractivity contribution is 7.13. The van der Waals surface area contributed by atoms with E-state index in [1.165, 1.54) is 24.2 Å².